The van der Waals surface area contributed by atoms with Gasteiger partial charge in [-0.05, 0) is 31.4 Å². The van der Waals surface area contributed by atoms with Crippen molar-refractivity contribution in [3.8, 4) is 17.1 Å². The summed E-state index contributed by atoms with van der Waals surface area (Å²) >= 11 is 0. The molecule has 1 heterocycles. The van der Waals surface area contributed by atoms with E-state index in [4.69, 9.17) is 4.74 Å². The number of hydrogen-bond donors (Lipinski definition) is 1. The van der Waals surface area contributed by atoms with E-state index < -0.39 is 0 Å². The van der Waals surface area contributed by atoms with Crippen LogP contribution >= 0.6 is 0 Å². The molecule has 0 bridgehead atoms. The number of nitrogens with one attached hydrogen (secondary N) is 1. The third-order valence-electron chi connectivity index (χ3n) is 2.85. The largest absolute Gasteiger partial charge is 0.493 e. The number of rotatable bonds is 5. The minimum atomic E-state index is -0.128. The lowest BCUT2D eigenvalue weighted by molar-refractivity contribution is 0.341. The summed E-state index contributed by atoms with van der Waals surface area (Å²) in [6.07, 6.45) is 0.785. The molecule has 0 amide bonds. The van der Waals surface area contributed by atoms with E-state index >= 15 is 0 Å². The van der Waals surface area contributed by atoms with E-state index in [1.54, 1.807) is 6.07 Å². The van der Waals surface area contributed by atoms with Crippen LogP contribution in [0.2, 0.25) is 0 Å². The van der Waals surface area contributed by atoms with Crippen LogP contribution in [0.3, 0.4) is 0 Å². The fraction of sp³-hybridized carbons (Fsp3) is 0.375. The van der Waals surface area contributed by atoms with Crippen molar-refractivity contribution in [1.29, 1.82) is 0 Å². The van der Waals surface area contributed by atoms with Crippen molar-refractivity contribution in [2.24, 2.45) is 5.92 Å². The number of ether oxygens (including phenoxy) is 1. The molecule has 1 N–H and O–H groups in total. The topological polar surface area (TPSA) is 55.0 Å². The summed E-state index contributed by atoms with van der Waals surface area (Å²) in [6, 6.07) is 9.17. The maximum Gasteiger partial charge on any atom is 0.251 e. The van der Waals surface area contributed by atoms with Crippen molar-refractivity contribution in [2.45, 2.75) is 27.2 Å². The van der Waals surface area contributed by atoms with E-state index in [1.165, 1.54) is 0 Å². The zero-order valence-corrected chi connectivity index (χ0v) is 12.1. The molecule has 0 fully saturated rings. The molecule has 0 aliphatic carbocycles. The van der Waals surface area contributed by atoms with Crippen LogP contribution in [-0.2, 0) is 6.42 Å². The van der Waals surface area contributed by atoms with Crippen molar-refractivity contribution in [3.05, 3.63) is 46.4 Å². The third kappa shape index (κ3) is 3.47. The molecule has 0 spiro atoms. The highest BCUT2D eigenvalue weighted by atomic mass is 16.5. The molecule has 1 aromatic heterocycles. The molecule has 0 aliphatic rings. The van der Waals surface area contributed by atoms with Gasteiger partial charge in [-0.1, -0.05) is 26.0 Å². The summed E-state index contributed by atoms with van der Waals surface area (Å²) in [4.78, 5) is 19.1. The van der Waals surface area contributed by atoms with Gasteiger partial charge in [0.15, 0.2) is 0 Å². The molecule has 0 atom stereocenters. The molecule has 0 unspecified atom stereocenters. The molecule has 0 saturated heterocycles. The average molecular weight is 272 g/mol. The standard InChI is InChI=1S/C16H20N2O2/c1-4-20-14-8-6-5-7-13(14)16-17-12(9-11(2)3)10-15(19)18-16/h5-8,10-11H,4,9H2,1-3H3,(H,17,18,19). The van der Waals surface area contributed by atoms with Gasteiger partial charge in [0.2, 0.25) is 0 Å². The average Bonchev–Trinajstić information content (AvgIpc) is 2.38. The Labute approximate surface area is 118 Å². The second-order valence-corrected chi connectivity index (χ2v) is 5.11. The number of hydrogen-bond acceptors (Lipinski definition) is 3. The number of para-hydroxylation sites is 1. The van der Waals surface area contributed by atoms with Gasteiger partial charge in [-0.25, -0.2) is 4.98 Å². The van der Waals surface area contributed by atoms with E-state index in [0.29, 0.717) is 18.3 Å². The monoisotopic (exact) mass is 272 g/mol. The Morgan fingerprint density at radius 1 is 1.30 bits per heavy atom. The van der Waals surface area contributed by atoms with E-state index in [1.807, 2.05) is 31.2 Å². The molecule has 0 radical (unpaired) electrons. The highest BCUT2D eigenvalue weighted by Crippen LogP contribution is 2.26. The van der Waals surface area contributed by atoms with Gasteiger partial charge in [0.25, 0.3) is 5.56 Å². The maximum absolute atomic E-state index is 11.8. The Morgan fingerprint density at radius 3 is 2.75 bits per heavy atom. The van der Waals surface area contributed by atoms with E-state index in [-0.39, 0.29) is 5.56 Å². The number of H-pyrrole nitrogens is 1. The predicted molar refractivity (Wildman–Crippen MR) is 80.0 cm³/mol. The van der Waals surface area contributed by atoms with Crippen molar-refractivity contribution >= 4 is 0 Å². The highest BCUT2D eigenvalue weighted by Gasteiger charge is 2.10. The molecule has 2 rings (SSSR count). The number of benzene rings is 1. The fourth-order valence-corrected chi connectivity index (χ4v) is 2.10. The van der Waals surface area contributed by atoms with Gasteiger partial charge in [0.1, 0.15) is 11.6 Å². The Morgan fingerprint density at radius 2 is 2.05 bits per heavy atom. The van der Waals surface area contributed by atoms with Crippen LogP contribution in [-0.4, -0.2) is 16.6 Å². The smallest absolute Gasteiger partial charge is 0.251 e. The lowest BCUT2D eigenvalue weighted by Crippen LogP contribution is -2.12. The van der Waals surface area contributed by atoms with Crippen LogP contribution in [0.1, 0.15) is 26.5 Å². The highest BCUT2D eigenvalue weighted by molar-refractivity contribution is 5.63. The number of aromatic nitrogens is 2. The quantitative estimate of drug-likeness (QED) is 0.910. The molecular formula is C16H20N2O2. The van der Waals surface area contributed by atoms with Crippen molar-refractivity contribution < 1.29 is 4.74 Å². The SMILES string of the molecule is CCOc1ccccc1-c1nc(CC(C)C)cc(=O)[nH]1. The normalized spacial score (nSPS) is 10.8. The first-order valence-corrected chi connectivity index (χ1v) is 6.92. The molecule has 106 valence electrons. The minimum absolute atomic E-state index is 0.128. The van der Waals surface area contributed by atoms with Gasteiger partial charge < -0.3 is 9.72 Å². The van der Waals surface area contributed by atoms with Gasteiger partial charge in [0, 0.05) is 11.8 Å². The lowest BCUT2D eigenvalue weighted by Gasteiger charge is -2.10. The first-order valence-electron chi connectivity index (χ1n) is 6.92. The van der Waals surface area contributed by atoms with Crippen LogP contribution in [0.5, 0.6) is 5.75 Å². The summed E-state index contributed by atoms with van der Waals surface area (Å²) in [5.41, 5.74) is 1.50. The summed E-state index contributed by atoms with van der Waals surface area (Å²) in [7, 11) is 0. The van der Waals surface area contributed by atoms with Crippen LogP contribution in [0.25, 0.3) is 11.4 Å². The molecule has 0 aliphatic heterocycles. The molecule has 1 aromatic carbocycles. The number of aromatic amines is 1. The molecule has 4 heteroatoms. The predicted octanol–water partition coefficient (Wildman–Crippen LogP) is 3.03. The van der Waals surface area contributed by atoms with Crippen LogP contribution in [0.4, 0.5) is 0 Å². The van der Waals surface area contributed by atoms with Crippen LogP contribution < -0.4 is 10.3 Å². The van der Waals surface area contributed by atoms with Gasteiger partial charge >= 0.3 is 0 Å². The van der Waals surface area contributed by atoms with Crippen molar-refractivity contribution in [2.75, 3.05) is 6.61 Å². The Bertz CT molecular complexity index is 632. The Balaban J connectivity index is 2.47. The van der Waals surface area contributed by atoms with Crippen molar-refractivity contribution in [3.63, 3.8) is 0 Å². The van der Waals surface area contributed by atoms with Gasteiger partial charge in [-0.15, -0.1) is 0 Å². The molecule has 4 nitrogen and oxygen atoms in total. The van der Waals surface area contributed by atoms with Crippen LogP contribution in [0, 0.1) is 5.92 Å². The van der Waals surface area contributed by atoms with Gasteiger partial charge in [-0.3, -0.25) is 4.79 Å². The second kappa shape index (κ2) is 6.37. The Kier molecular flexibility index (Phi) is 4.56. The summed E-state index contributed by atoms with van der Waals surface area (Å²) < 4.78 is 5.59. The zero-order valence-electron chi connectivity index (χ0n) is 12.1. The third-order valence-corrected chi connectivity index (χ3v) is 2.85. The summed E-state index contributed by atoms with van der Waals surface area (Å²) in [5, 5.41) is 0. The fourth-order valence-electron chi connectivity index (χ4n) is 2.10. The molecule has 2 aromatic rings. The zero-order chi connectivity index (χ0) is 14.5. The van der Waals surface area contributed by atoms with Crippen molar-refractivity contribution in [1.82, 2.24) is 9.97 Å². The Hall–Kier alpha value is -2.10. The molecular weight excluding hydrogens is 252 g/mol. The molecule has 20 heavy (non-hydrogen) atoms. The maximum atomic E-state index is 11.8. The van der Waals surface area contributed by atoms with E-state index in [9.17, 15) is 4.79 Å². The van der Waals surface area contributed by atoms with Gasteiger partial charge in [-0.2, -0.15) is 0 Å². The summed E-state index contributed by atoms with van der Waals surface area (Å²) in [6.45, 7) is 6.72. The van der Waals surface area contributed by atoms with E-state index in [0.717, 1.165) is 23.4 Å². The van der Waals surface area contributed by atoms with Gasteiger partial charge in [0.05, 0.1) is 12.2 Å². The van der Waals surface area contributed by atoms with Crippen LogP contribution in [0.15, 0.2) is 35.1 Å². The minimum Gasteiger partial charge on any atom is -0.493 e. The second-order valence-electron chi connectivity index (χ2n) is 5.11. The van der Waals surface area contributed by atoms with E-state index in [2.05, 4.69) is 23.8 Å². The first kappa shape index (κ1) is 14.3. The lowest BCUT2D eigenvalue weighted by atomic mass is 10.1. The summed E-state index contributed by atoms with van der Waals surface area (Å²) in [5.74, 6) is 1.76. The number of nitrogens with zero attached hydrogens (tertiary/aromatic N) is 1. The first-order chi connectivity index (χ1) is 9.60. The molecule has 0 saturated carbocycles.